The van der Waals surface area contributed by atoms with E-state index in [4.69, 9.17) is 46.4 Å². The zero-order valence-electron chi connectivity index (χ0n) is 7.85. The highest BCUT2D eigenvalue weighted by molar-refractivity contribution is 6.43. The van der Waals surface area contributed by atoms with Crippen molar-refractivity contribution in [2.24, 2.45) is 0 Å². The molecule has 0 atom stereocenters. The lowest BCUT2D eigenvalue weighted by molar-refractivity contribution is 1.33. The van der Waals surface area contributed by atoms with Gasteiger partial charge in [0.25, 0.3) is 0 Å². The molecule has 0 bridgehead atoms. The summed E-state index contributed by atoms with van der Waals surface area (Å²) in [6, 6.07) is 6.85. The van der Waals surface area contributed by atoms with Crippen molar-refractivity contribution in [1.82, 2.24) is 4.98 Å². The van der Waals surface area contributed by atoms with Gasteiger partial charge in [-0.15, -0.1) is 0 Å². The molecule has 0 aliphatic rings. The molecular formula is C11H5Cl4N. The van der Waals surface area contributed by atoms with Crippen molar-refractivity contribution in [3.8, 4) is 11.1 Å². The number of halogens is 4. The standard InChI is InChI=1S/C11H5Cl4N/c12-6-2-1-3-7(13)9(6)10-8(14)4-5-16-11(10)15/h1-5H. The fraction of sp³-hybridized carbons (Fsp3) is 0. The van der Waals surface area contributed by atoms with E-state index in [0.717, 1.165) is 0 Å². The van der Waals surface area contributed by atoms with Crippen LogP contribution in [0.5, 0.6) is 0 Å². The zero-order valence-corrected chi connectivity index (χ0v) is 10.9. The van der Waals surface area contributed by atoms with Crippen molar-refractivity contribution in [1.29, 1.82) is 0 Å². The van der Waals surface area contributed by atoms with E-state index in [-0.39, 0.29) is 5.15 Å². The van der Waals surface area contributed by atoms with E-state index in [1.807, 2.05) is 0 Å². The summed E-state index contributed by atoms with van der Waals surface area (Å²) in [4.78, 5) is 3.96. The lowest BCUT2D eigenvalue weighted by Crippen LogP contribution is -1.87. The van der Waals surface area contributed by atoms with Crippen molar-refractivity contribution in [3.05, 3.63) is 50.7 Å². The van der Waals surface area contributed by atoms with Gasteiger partial charge in [0.2, 0.25) is 0 Å². The summed E-state index contributed by atoms with van der Waals surface area (Å²) in [7, 11) is 0. The highest BCUT2D eigenvalue weighted by Gasteiger charge is 2.15. The van der Waals surface area contributed by atoms with Gasteiger partial charge in [0, 0.05) is 17.3 Å². The first-order valence-electron chi connectivity index (χ1n) is 4.35. The van der Waals surface area contributed by atoms with Crippen molar-refractivity contribution < 1.29 is 0 Å². The maximum absolute atomic E-state index is 6.08. The second kappa shape index (κ2) is 4.80. The SMILES string of the molecule is Clc1cccc(Cl)c1-c1c(Cl)ccnc1Cl. The van der Waals surface area contributed by atoms with Crippen molar-refractivity contribution in [2.45, 2.75) is 0 Å². The van der Waals surface area contributed by atoms with Crippen molar-refractivity contribution >= 4 is 46.4 Å². The van der Waals surface area contributed by atoms with E-state index in [1.165, 1.54) is 6.20 Å². The van der Waals surface area contributed by atoms with Crippen LogP contribution >= 0.6 is 46.4 Å². The monoisotopic (exact) mass is 291 g/mol. The van der Waals surface area contributed by atoms with Crippen LogP contribution in [0.3, 0.4) is 0 Å². The Balaban J connectivity index is 2.77. The molecule has 0 fully saturated rings. The van der Waals surface area contributed by atoms with Crippen LogP contribution in [0.1, 0.15) is 0 Å². The second-order valence-corrected chi connectivity index (χ2v) is 4.63. The molecule has 82 valence electrons. The number of aromatic nitrogens is 1. The van der Waals surface area contributed by atoms with E-state index in [2.05, 4.69) is 4.98 Å². The Labute approximate surface area is 113 Å². The summed E-state index contributed by atoms with van der Waals surface area (Å²) in [5.74, 6) is 0. The molecule has 2 aromatic rings. The first-order chi connectivity index (χ1) is 7.61. The number of pyridine rings is 1. The highest BCUT2D eigenvalue weighted by Crippen LogP contribution is 2.41. The summed E-state index contributed by atoms with van der Waals surface area (Å²) in [5, 5.41) is 1.73. The largest absolute Gasteiger partial charge is 0.244 e. The number of rotatable bonds is 1. The predicted octanol–water partition coefficient (Wildman–Crippen LogP) is 5.36. The fourth-order valence-electron chi connectivity index (χ4n) is 1.37. The van der Waals surface area contributed by atoms with Crippen molar-refractivity contribution in [2.75, 3.05) is 0 Å². The summed E-state index contributed by atoms with van der Waals surface area (Å²) in [6.07, 6.45) is 1.53. The average molecular weight is 293 g/mol. The van der Waals surface area contributed by atoms with E-state index >= 15 is 0 Å². The maximum Gasteiger partial charge on any atom is 0.138 e. The molecule has 0 aliphatic heterocycles. The Kier molecular flexibility index (Phi) is 3.60. The Morgan fingerprint density at radius 2 is 1.31 bits per heavy atom. The molecule has 0 saturated carbocycles. The number of nitrogens with zero attached hydrogens (tertiary/aromatic N) is 1. The average Bonchev–Trinajstić information content (AvgIpc) is 2.21. The second-order valence-electron chi connectivity index (χ2n) is 3.06. The maximum atomic E-state index is 6.08. The molecule has 16 heavy (non-hydrogen) atoms. The highest BCUT2D eigenvalue weighted by atomic mass is 35.5. The molecule has 0 unspecified atom stereocenters. The minimum Gasteiger partial charge on any atom is -0.244 e. The third kappa shape index (κ3) is 2.14. The summed E-state index contributed by atoms with van der Waals surface area (Å²) < 4.78 is 0. The van der Waals surface area contributed by atoms with Crippen LogP contribution in [0.15, 0.2) is 30.5 Å². The van der Waals surface area contributed by atoms with Gasteiger partial charge in [-0.05, 0) is 18.2 Å². The number of hydrogen-bond donors (Lipinski definition) is 0. The van der Waals surface area contributed by atoms with E-state index < -0.39 is 0 Å². The van der Waals surface area contributed by atoms with Gasteiger partial charge in [0.05, 0.1) is 15.1 Å². The Bertz CT molecular complexity index is 450. The first kappa shape index (κ1) is 12.0. The third-order valence-corrected chi connectivity index (χ3v) is 3.30. The summed E-state index contributed by atoms with van der Waals surface area (Å²) in [6.45, 7) is 0. The lowest BCUT2D eigenvalue weighted by atomic mass is 10.1. The number of benzene rings is 1. The van der Waals surface area contributed by atoms with Crippen LogP contribution < -0.4 is 0 Å². The topological polar surface area (TPSA) is 12.9 Å². The molecule has 5 heteroatoms. The lowest BCUT2D eigenvalue weighted by Gasteiger charge is -2.09. The van der Waals surface area contributed by atoms with Gasteiger partial charge in [-0.2, -0.15) is 0 Å². The molecular weight excluding hydrogens is 288 g/mol. The Morgan fingerprint density at radius 1 is 0.750 bits per heavy atom. The molecule has 1 heterocycles. The molecule has 1 aromatic carbocycles. The van der Waals surface area contributed by atoms with Crippen LogP contribution in [-0.4, -0.2) is 4.98 Å². The van der Waals surface area contributed by atoms with Crippen LogP contribution in [-0.2, 0) is 0 Å². The van der Waals surface area contributed by atoms with Gasteiger partial charge in [-0.1, -0.05) is 52.5 Å². The van der Waals surface area contributed by atoms with Crippen LogP contribution in [0, 0.1) is 0 Å². The van der Waals surface area contributed by atoms with Gasteiger partial charge >= 0.3 is 0 Å². The quantitative estimate of drug-likeness (QED) is 0.645. The molecule has 1 aromatic heterocycles. The molecule has 2 rings (SSSR count). The summed E-state index contributed by atoms with van der Waals surface area (Å²) in [5.41, 5.74) is 1.16. The molecule has 0 N–H and O–H groups in total. The molecule has 1 nitrogen and oxygen atoms in total. The van der Waals surface area contributed by atoms with Crippen molar-refractivity contribution in [3.63, 3.8) is 0 Å². The molecule has 0 aliphatic carbocycles. The normalized spacial score (nSPS) is 10.5. The number of hydrogen-bond acceptors (Lipinski definition) is 1. The van der Waals surface area contributed by atoms with Gasteiger partial charge < -0.3 is 0 Å². The Morgan fingerprint density at radius 3 is 1.88 bits per heavy atom. The molecule has 0 spiro atoms. The fourth-order valence-corrected chi connectivity index (χ4v) is 2.50. The minimum atomic E-state index is 0.280. The molecule has 0 amide bonds. The van der Waals surface area contributed by atoms with E-state index in [1.54, 1.807) is 24.3 Å². The van der Waals surface area contributed by atoms with Crippen LogP contribution in [0.2, 0.25) is 20.2 Å². The van der Waals surface area contributed by atoms with Crippen LogP contribution in [0.25, 0.3) is 11.1 Å². The van der Waals surface area contributed by atoms with Gasteiger partial charge in [-0.25, -0.2) is 4.98 Å². The predicted molar refractivity (Wildman–Crippen MR) is 69.7 cm³/mol. The molecule has 0 saturated heterocycles. The van der Waals surface area contributed by atoms with Crippen LogP contribution in [0.4, 0.5) is 0 Å². The first-order valence-corrected chi connectivity index (χ1v) is 5.87. The van der Waals surface area contributed by atoms with Gasteiger partial charge in [-0.3, -0.25) is 0 Å². The zero-order chi connectivity index (χ0) is 11.7. The minimum absolute atomic E-state index is 0.280. The molecule has 0 radical (unpaired) electrons. The van der Waals surface area contributed by atoms with Gasteiger partial charge in [0.1, 0.15) is 5.15 Å². The Hall–Kier alpha value is -0.470. The van der Waals surface area contributed by atoms with E-state index in [0.29, 0.717) is 26.2 Å². The smallest absolute Gasteiger partial charge is 0.138 e. The van der Waals surface area contributed by atoms with E-state index in [9.17, 15) is 0 Å². The summed E-state index contributed by atoms with van der Waals surface area (Å²) >= 11 is 24.2. The van der Waals surface area contributed by atoms with Gasteiger partial charge in [0.15, 0.2) is 0 Å². The third-order valence-electron chi connectivity index (χ3n) is 2.07.